The maximum Gasteiger partial charge on any atom is 0.573 e. The van der Waals surface area contributed by atoms with Crippen LogP contribution in [0.5, 0.6) is 5.75 Å². The third kappa shape index (κ3) is 8.37. The zero-order chi connectivity index (χ0) is 28.1. The molecule has 0 radical (unpaired) electrons. The van der Waals surface area contributed by atoms with Gasteiger partial charge in [-0.25, -0.2) is 13.2 Å². The molecule has 0 spiro atoms. The maximum atomic E-state index is 13.2. The first-order valence-corrected chi connectivity index (χ1v) is 14.1. The number of rotatable bonds is 9. The van der Waals surface area contributed by atoms with Crippen LogP contribution in [0.2, 0.25) is 0 Å². The molecule has 14 heteroatoms. The molecule has 3 amide bonds. The van der Waals surface area contributed by atoms with Gasteiger partial charge < -0.3 is 21.1 Å². The molecule has 4 N–H and O–H groups in total. The fourth-order valence-electron chi connectivity index (χ4n) is 4.56. The van der Waals surface area contributed by atoms with Crippen molar-refractivity contribution in [2.24, 2.45) is 11.7 Å². The zero-order valence-corrected chi connectivity index (χ0v) is 22.2. The number of halogens is 4. The Labute approximate surface area is 224 Å². The van der Waals surface area contributed by atoms with Crippen molar-refractivity contribution in [3.05, 3.63) is 52.6 Å². The van der Waals surface area contributed by atoms with E-state index in [0.29, 0.717) is 31.0 Å². The molecule has 0 bridgehead atoms. The van der Waals surface area contributed by atoms with Gasteiger partial charge in [0.25, 0.3) is 5.91 Å². The first-order chi connectivity index (χ1) is 17.8. The minimum absolute atomic E-state index is 0.0868. The van der Waals surface area contributed by atoms with Crippen LogP contribution in [-0.2, 0) is 16.4 Å². The molecule has 2 aliphatic rings. The predicted octanol–water partition coefficient (Wildman–Crippen LogP) is 3.06. The van der Waals surface area contributed by atoms with Crippen molar-refractivity contribution < 1.29 is 35.9 Å². The zero-order valence-electron chi connectivity index (χ0n) is 20.6. The van der Waals surface area contributed by atoms with E-state index in [-0.39, 0.29) is 36.0 Å². The Morgan fingerprint density at radius 2 is 2.03 bits per heavy atom. The number of amides is 3. The smallest absolute Gasteiger partial charge is 0.405 e. The Hall–Kier alpha value is -2.77. The number of carbonyl (C=O) groups is 2. The van der Waals surface area contributed by atoms with Gasteiger partial charge in [-0.15, -0.1) is 13.2 Å². The number of nitrogens with one attached hydrogen (secondary N) is 2. The van der Waals surface area contributed by atoms with Crippen LogP contribution in [0.15, 0.2) is 41.5 Å². The summed E-state index contributed by atoms with van der Waals surface area (Å²) in [6, 6.07) is 2.86. The second-order valence-corrected chi connectivity index (χ2v) is 12.0. The van der Waals surface area contributed by atoms with Crippen LogP contribution in [0.3, 0.4) is 0 Å². The number of hydrogen-bond acceptors (Lipinski definition) is 6. The molecule has 9 nitrogen and oxygen atoms in total. The highest BCUT2D eigenvalue weighted by molar-refractivity contribution is 7.92. The lowest BCUT2D eigenvalue weighted by Crippen LogP contribution is -2.48. The molecule has 1 saturated heterocycles. The Morgan fingerprint density at radius 3 is 2.68 bits per heavy atom. The van der Waals surface area contributed by atoms with Crippen molar-refractivity contribution in [3.8, 4) is 5.75 Å². The summed E-state index contributed by atoms with van der Waals surface area (Å²) in [6.45, 7) is 2.50. The van der Waals surface area contributed by atoms with E-state index in [0.717, 1.165) is 6.07 Å². The van der Waals surface area contributed by atoms with Gasteiger partial charge in [0, 0.05) is 53.5 Å². The monoisotopic (exact) mass is 578 g/mol. The van der Waals surface area contributed by atoms with Gasteiger partial charge in [-0.05, 0) is 37.6 Å². The fraction of sp³-hybridized carbons (Fsp3) is 0.500. The number of benzene rings is 1. The number of nitrogens with two attached hydrogens (primary N) is 1. The molecule has 1 aromatic rings. The van der Waals surface area contributed by atoms with Gasteiger partial charge in [0.05, 0.1) is 5.25 Å². The summed E-state index contributed by atoms with van der Waals surface area (Å²) in [5, 5.41) is 4.64. The van der Waals surface area contributed by atoms with Gasteiger partial charge in [-0.3, -0.25) is 9.69 Å². The molecule has 3 rings (SSSR count). The van der Waals surface area contributed by atoms with E-state index in [4.69, 9.17) is 17.3 Å². The van der Waals surface area contributed by atoms with Gasteiger partial charge in [-0.2, -0.15) is 0 Å². The highest BCUT2D eigenvalue weighted by Gasteiger charge is 2.34. The number of primary amides is 1. The Bertz CT molecular complexity index is 1210. The molecule has 2 unspecified atom stereocenters. The summed E-state index contributed by atoms with van der Waals surface area (Å²) in [5.74, 6) is -1.97. The number of likely N-dealkylation sites (tertiary alicyclic amines) is 1. The van der Waals surface area contributed by atoms with Crippen molar-refractivity contribution in [3.63, 3.8) is 0 Å². The van der Waals surface area contributed by atoms with E-state index in [1.807, 2.05) is 4.90 Å². The summed E-state index contributed by atoms with van der Waals surface area (Å²) in [7, 11) is -3.49. The van der Waals surface area contributed by atoms with Gasteiger partial charge in [-0.1, -0.05) is 36.7 Å². The minimum atomic E-state index is -4.99. The second kappa shape index (κ2) is 12.4. The first-order valence-electron chi connectivity index (χ1n) is 12.0. The van der Waals surface area contributed by atoms with Crippen molar-refractivity contribution in [2.45, 2.75) is 44.0 Å². The van der Waals surface area contributed by atoms with Crippen LogP contribution >= 0.6 is 11.6 Å². The molecule has 1 aliphatic heterocycles. The number of allylic oxidation sites excluding steroid dienone is 2. The summed E-state index contributed by atoms with van der Waals surface area (Å²) in [5.41, 5.74) is 5.30. The van der Waals surface area contributed by atoms with E-state index in [9.17, 15) is 31.2 Å². The van der Waals surface area contributed by atoms with Gasteiger partial charge in [0.2, 0.25) is 0 Å². The van der Waals surface area contributed by atoms with Crippen LogP contribution in [0.1, 0.15) is 35.7 Å². The Morgan fingerprint density at radius 1 is 1.29 bits per heavy atom. The maximum absolute atomic E-state index is 13.2. The number of piperidine rings is 1. The van der Waals surface area contributed by atoms with Crippen LogP contribution in [0.25, 0.3) is 0 Å². The van der Waals surface area contributed by atoms with Crippen molar-refractivity contribution in [1.82, 2.24) is 15.5 Å². The largest absolute Gasteiger partial charge is 0.573 e. The van der Waals surface area contributed by atoms with Crippen molar-refractivity contribution in [1.29, 1.82) is 0 Å². The quantitative estimate of drug-likeness (QED) is 0.413. The topological polar surface area (TPSA) is 131 Å². The van der Waals surface area contributed by atoms with E-state index in [2.05, 4.69) is 15.4 Å². The Kier molecular flexibility index (Phi) is 9.71. The van der Waals surface area contributed by atoms with Crippen molar-refractivity contribution >= 4 is 33.4 Å². The first kappa shape index (κ1) is 29.8. The molecule has 210 valence electrons. The number of urea groups is 1. The SMILES string of the molecule is CCS(=O)(=O)C1C=CC(Cl)=CC1CNC(=O)c1ccc(CN2CCC[C@H](NC(N)=O)C2)c(OC(F)(F)F)c1. The third-order valence-corrected chi connectivity index (χ3v) is 8.75. The average Bonchev–Trinajstić information content (AvgIpc) is 2.82. The minimum Gasteiger partial charge on any atom is -0.405 e. The van der Waals surface area contributed by atoms with Crippen LogP contribution < -0.4 is 21.1 Å². The molecule has 3 atom stereocenters. The second-order valence-electron chi connectivity index (χ2n) is 9.15. The molecular weight excluding hydrogens is 549 g/mol. The van der Waals surface area contributed by atoms with E-state index in [1.165, 1.54) is 37.3 Å². The van der Waals surface area contributed by atoms with Gasteiger partial charge in [0.15, 0.2) is 9.84 Å². The molecule has 0 saturated carbocycles. The molecule has 0 aromatic heterocycles. The number of carbonyl (C=O) groups excluding carboxylic acids is 2. The molecule has 1 fully saturated rings. The van der Waals surface area contributed by atoms with E-state index < -0.39 is 45.1 Å². The van der Waals surface area contributed by atoms with E-state index in [1.54, 1.807) is 0 Å². The Balaban J connectivity index is 1.75. The summed E-state index contributed by atoms with van der Waals surface area (Å²) in [4.78, 5) is 25.9. The molecule has 1 heterocycles. The van der Waals surface area contributed by atoms with Gasteiger partial charge >= 0.3 is 12.4 Å². The number of ether oxygens (including phenoxy) is 1. The molecule has 38 heavy (non-hydrogen) atoms. The fourth-order valence-corrected chi connectivity index (χ4v) is 6.20. The summed E-state index contributed by atoms with van der Waals surface area (Å²) < 4.78 is 68.6. The lowest BCUT2D eigenvalue weighted by Gasteiger charge is -2.33. The third-order valence-electron chi connectivity index (χ3n) is 6.36. The standard InChI is InChI=1S/C24H30ClF3N4O5S/c1-2-38(35,36)21-8-7-18(25)10-17(21)12-30-22(33)15-5-6-16(20(11-15)37-24(26,27)28)13-32-9-3-4-19(14-32)31-23(29)34/h5-8,10-11,17,19,21H,2-4,9,12-14H2,1H3,(H,30,33)(H3,29,31,34)/t17?,19-,21?/m0/s1. The summed E-state index contributed by atoms with van der Waals surface area (Å²) in [6.07, 6.45) is 0.893. The van der Waals surface area contributed by atoms with Crippen molar-refractivity contribution in [2.75, 3.05) is 25.4 Å². The molecule has 1 aromatic carbocycles. The predicted molar refractivity (Wildman–Crippen MR) is 136 cm³/mol. The highest BCUT2D eigenvalue weighted by atomic mass is 35.5. The number of hydrogen-bond donors (Lipinski definition) is 3. The van der Waals surface area contributed by atoms with Crippen LogP contribution in [0, 0.1) is 5.92 Å². The highest BCUT2D eigenvalue weighted by Crippen LogP contribution is 2.30. The summed E-state index contributed by atoms with van der Waals surface area (Å²) >= 11 is 6.03. The number of alkyl halides is 3. The van der Waals surface area contributed by atoms with E-state index >= 15 is 0 Å². The molecule has 1 aliphatic carbocycles. The normalized spacial score (nSPS) is 22.4. The lowest BCUT2D eigenvalue weighted by molar-refractivity contribution is -0.275. The average molecular weight is 579 g/mol. The number of nitrogens with zero attached hydrogens (tertiary/aromatic N) is 1. The van der Waals surface area contributed by atoms with Crippen LogP contribution in [0.4, 0.5) is 18.0 Å². The van der Waals surface area contributed by atoms with Crippen LogP contribution in [-0.4, -0.2) is 68.3 Å². The van der Waals surface area contributed by atoms with Gasteiger partial charge in [0.1, 0.15) is 5.75 Å². The number of sulfone groups is 1. The molecular formula is C24H30ClF3N4O5S. The lowest BCUT2D eigenvalue weighted by atomic mass is 9.99.